The third-order valence-corrected chi connectivity index (χ3v) is 2.14. The van der Waals surface area contributed by atoms with Gasteiger partial charge in [0.15, 0.2) is 5.65 Å². The van der Waals surface area contributed by atoms with Gasteiger partial charge < -0.3 is 0 Å². The zero-order valence-electron chi connectivity index (χ0n) is 7.76. The molecule has 0 unspecified atom stereocenters. The summed E-state index contributed by atoms with van der Waals surface area (Å²) in [5.41, 5.74) is 1.84. The summed E-state index contributed by atoms with van der Waals surface area (Å²) in [6.07, 6.45) is 1.38. The zero-order chi connectivity index (χ0) is 10.3. The van der Waals surface area contributed by atoms with Crippen LogP contribution < -0.4 is 0 Å². The van der Waals surface area contributed by atoms with E-state index in [1.807, 2.05) is 0 Å². The summed E-state index contributed by atoms with van der Waals surface area (Å²) in [7, 11) is 0. The monoisotopic (exact) mass is 192 g/mol. The van der Waals surface area contributed by atoms with E-state index >= 15 is 0 Å². The van der Waals surface area contributed by atoms with Crippen molar-refractivity contribution in [2.45, 2.75) is 13.8 Å². The molecule has 0 radical (unpaired) electrons. The van der Waals surface area contributed by atoms with E-state index in [2.05, 4.69) is 10.1 Å². The van der Waals surface area contributed by atoms with Gasteiger partial charge in [0, 0.05) is 5.56 Å². The minimum Gasteiger partial charge on any atom is -0.258 e. The number of rotatable bonds is 1. The van der Waals surface area contributed by atoms with Crippen molar-refractivity contribution in [2.24, 2.45) is 0 Å². The van der Waals surface area contributed by atoms with Gasteiger partial charge in [0.2, 0.25) is 0 Å². The Kier molecular flexibility index (Phi) is 1.70. The Morgan fingerprint density at radius 2 is 2.21 bits per heavy atom. The van der Waals surface area contributed by atoms with Gasteiger partial charge in [-0.15, -0.1) is 0 Å². The number of hydrogen-bond donors (Lipinski definition) is 0. The molecule has 0 aliphatic heterocycles. The molecule has 0 bridgehead atoms. The molecule has 14 heavy (non-hydrogen) atoms. The van der Waals surface area contributed by atoms with Gasteiger partial charge in [-0.1, -0.05) is 0 Å². The summed E-state index contributed by atoms with van der Waals surface area (Å²) < 4.78 is 1.46. The molecule has 0 fully saturated rings. The highest BCUT2D eigenvalue weighted by atomic mass is 16.6. The summed E-state index contributed by atoms with van der Waals surface area (Å²) in [5.74, 6) is 0. The number of nitro groups is 1. The smallest absolute Gasteiger partial charge is 0.258 e. The molecule has 72 valence electrons. The molecule has 6 nitrogen and oxygen atoms in total. The van der Waals surface area contributed by atoms with E-state index in [1.54, 1.807) is 19.9 Å². The average Bonchev–Trinajstić information content (AvgIpc) is 2.50. The van der Waals surface area contributed by atoms with E-state index in [4.69, 9.17) is 0 Å². The molecular formula is C8H8N4O2. The summed E-state index contributed by atoms with van der Waals surface area (Å²) in [6.45, 7) is 3.35. The van der Waals surface area contributed by atoms with E-state index in [0.717, 1.165) is 0 Å². The van der Waals surface area contributed by atoms with Gasteiger partial charge in [-0.3, -0.25) is 10.1 Å². The molecule has 2 aromatic heterocycles. The van der Waals surface area contributed by atoms with Gasteiger partial charge in [0.1, 0.15) is 12.0 Å². The highest BCUT2D eigenvalue weighted by Crippen LogP contribution is 2.23. The molecule has 2 rings (SSSR count). The fourth-order valence-corrected chi connectivity index (χ4v) is 1.53. The maximum absolute atomic E-state index is 10.8. The third kappa shape index (κ3) is 1.04. The highest BCUT2D eigenvalue weighted by Gasteiger charge is 2.18. The number of hydrogen-bond acceptors (Lipinski definition) is 4. The van der Waals surface area contributed by atoms with Gasteiger partial charge in [0.25, 0.3) is 5.69 Å². The SMILES string of the molecule is Cc1cc2ncnn2c(C)c1[N+](=O)[O-]. The van der Waals surface area contributed by atoms with Crippen LogP contribution in [0.5, 0.6) is 0 Å². The first-order valence-electron chi connectivity index (χ1n) is 4.05. The van der Waals surface area contributed by atoms with E-state index in [0.29, 0.717) is 16.9 Å². The lowest BCUT2D eigenvalue weighted by Crippen LogP contribution is -2.02. The Labute approximate surface area is 79.3 Å². The molecule has 0 atom stereocenters. The standard InChI is InChI=1S/C8H8N4O2/c1-5-3-7-9-4-10-11(7)6(2)8(5)12(13)14/h3-4H,1-2H3. The average molecular weight is 192 g/mol. The van der Waals surface area contributed by atoms with E-state index in [1.165, 1.54) is 10.8 Å². The molecule has 6 heteroatoms. The number of pyridine rings is 1. The molecule has 0 aliphatic carbocycles. The molecule has 0 amide bonds. The van der Waals surface area contributed by atoms with Crippen molar-refractivity contribution in [1.29, 1.82) is 0 Å². The molecule has 0 saturated carbocycles. The fourth-order valence-electron chi connectivity index (χ4n) is 1.53. The second-order valence-electron chi connectivity index (χ2n) is 3.05. The van der Waals surface area contributed by atoms with Crippen molar-refractivity contribution < 1.29 is 4.92 Å². The van der Waals surface area contributed by atoms with Crippen LogP contribution in [-0.4, -0.2) is 19.5 Å². The summed E-state index contributed by atoms with van der Waals surface area (Å²) in [5, 5.41) is 14.7. The maximum Gasteiger partial charge on any atom is 0.293 e. The largest absolute Gasteiger partial charge is 0.293 e. The van der Waals surface area contributed by atoms with E-state index < -0.39 is 4.92 Å². The van der Waals surface area contributed by atoms with Crippen LogP contribution in [0.2, 0.25) is 0 Å². The minimum absolute atomic E-state index is 0.100. The summed E-state index contributed by atoms with van der Waals surface area (Å²) in [4.78, 5) is 14.3. The zero-order valence-corrected chi connectivity index (χ0v) is 7.76. The molecular weight excluding hydrogens is 184 g/mol. The molecule has 0 spiro atoms. The normalized spacial score (nSPS) is 10.7. The lowest BCUT2D eigenvalue weighted by molar-refractivity contribution is -0.386. The van der Waals surface area contributed by atoms with Crippen molar-refractivity contribution in [2.75, 3.05) is 0 Å². The molecule has 2 heterocycles. The molecule has 0 N–H and O–H groups in total. The van der Waals surface area contributed by atoms with Crippen LogP contribution in [0.15, 0.2) is 12.4 Å². The first kappa shape index (κ1) is 8.61. The van der Waals surface area contributed by atoms with Crippen molar-refractivity contribution in [3.63, 3.8) is 0 Å². The van der Waals surface area contributed by atoms with Gasteiger partial charge in [-0.25, -0.2) is 9.50 Å². The van der Waals surface area contributed by atoms with Gasteiger partial charge in [-0.2, -0.15) is 5.10 Å². The fraction of sp³-hybridized carbons (Fsp3) is 0.250. The lowest BCUT2D eigenvalue weighted by atomic mass is 10.2. The van der Waals surface area contributed by atoms with Crippen molar-refractivity contribution in [3.8, 4) is 0 Å². The van der Waals surface area contributed by atoms with Crippen LogP contribution in [0, 0.1) is 24.0 Å². The second kappa shape index (κ2) is 2.76. The molecule has 0 saturated heterocycles. The number of aromatic nitrogens is 3. The van der Waals surface area contributed by atoms with Crippen LogP contribution in [0.4, 0.5) is 5.69 Å². The third-order valence-electron chi connectivity index (χ3n) is 2.14. The number of aryl methyl sites for hydroxylation is 2. The van der Waals surface area contributed by atoms with Crippen molar-refractivity contribution in [3.05, 3.63) is 33.8 Å². The Hall–Kier alpha value is -1.98. The Balaban J connectivity index is 2.89. The van der Waals surface area contributed by atoms with Crippen molar-refractivity contribution >= 4 is 11.3 Å². The number of nitrogens with zero attached hydrogens (tertiary/aromatic N) is 4. The Bertz CT molecular complexity index is 517. The quantitative estimate of drug-likeness (QED) is 0.503. The predicted octanol–water partition coefficient (Wildman–Crippen LogP) is 1.25. The van der Waals surface area contributed by atoms with E-state index in [-0.39, 0.29) is 5.69 Å². The highest BCUT2D eigenvalue weighted by molar-refractivity contribution is 5.53. The minimum atomic E-state index is -0.397. The lowest BCUT2D eigenvalue weighted by Gasteiger charge is -2.02. The summed E-state index contributed by atoms with van der Waals surface area (Å²) >= 11 is 0. The van der Waals surface area contributed by atoms with Gasteiger partial charge in [0.05, 0.1) is 4.92 Å². The first-order chi connectivity index (χ1) is 6.61. The molecule has 2 aromatic rings. The van der Waals surface area contributed by atoms with Gasteiger partial charge >= 0.3 is 0 Å². The topological polar surface area (TPSA) is 73.3 Å². The first-order valence-corrected chi connectivity index (χ1v) is 4.05. The Morgan fingerprint density at radius 1 is 1.50 bits per heavy atom. The van der Waals surface area contributed by atoms with Crippen LogP contribution in [-0.2, 0) is 0 Å². The van der Waals surface area contributed by atoms with E-state index in [9.17, 15) is 10.1 Å². The van der Waals surface area contributed by atoms with Gasteiger partial charge in [-0.05, 0) is 19.9 Å². The van der Waals surface area contributed by atoms with Crippen LogP contribution in [0.1, 0.15) is 11.3 Å². The molecule has 0 aromatic carbocycles. The van der Waals surface area contributed by atoms with Crippen LogP contribution >= 0.6 is 0 Å². The maximum atomic E-state index is 10.8. The second-order valence-corrected chi connectivity index (χ2v) is 3.05. The number of fused-ring (bicyclic) bond motifs is 1. The van der Waals surface area contributed by atoms with Crippen molar-refractivity contribution in [1.82, 2.24) is 14.6 Å². The summed E-state index contributed by atoms with van der Waals surface area (Å²) in [6, 6.07) is 1.65. The Morgan fingerprint density at radius 3 is 2.86 bits per heavy atom. The molecule has 0 aliphatic rings. The van der Waals surface area contributed by atoms with Crippen LogP contribution in [0.3, 0.4) is 0 Å². The predicted molar refractivity (Wildman–Crippen MR) is 49.1 cm³/mol. The van der Waals surface area contributed by atoms with Crippen LogP contribution in [0.25, 0.3) is 5.65 Å².